The van der Waals surface area contributed by atoms with Crippen molar-refractivity contribution < 1.29 is 4.42 Å². The van der Waals surface area contributed by atoms with Crippen LogP contribution in [0.1, 0.15) is 25.1 Å². The van der Waals surface area contributed by atoms with E-state index in [9.17, 15) is 0 Å². The average molecular weight is 251 g/mol. The summed E-state index contributed by atoms with van der Waals surface area (Å²) >= 11 is 0. The highest BCUT2D eigenvalue weighted by Crippen LogP contribution is 2.14. The Balaban J connectivity index is 1.64. The van der Waals surface area contributed by atoms with Crippen LogP contribution in [0.15, 0.2) is 22.8 Å². The molecule has 1 aliphatic rings. The molecule has 1 aromatic heterocycles. The molecule has 1 fully saturated rings. The molecule has 0 saturated carbocycles. The molecule has 0 amide bonds. The Hall–Kier alpha value is -0.840. The second-order valence-electron chi connectivity index (χ2n) is 5.40. The molecule has 1 aliphatic heterocycles. The van der Waals surface area contributed by atoms with E-state index in [4.69, 9.17) is 4.42 Å². The number of nitrogens with zero attached hydrogens (tertiary/aromatic N) is 2. The van der Waals surface area contributed by atoms with E-state index >= 15 is 0 Å². The lowest BCUT2D eigenvalue weighted by Crippen LogP contribution is -2.35. The molecule has 2 unspecified atom stereocenters. The van der Waals surface area contributed by atoms with Crippen LogP contribution in [0.5, 0.6) is 0 Å². The molecule has 4 nitrogen and oxygen atoms in total. The number of likely N-dealkylation sites (N-methyl/N-ethyl adjacent to an activating group) is 1. The predicted molar refractivity (Wildman–Crippen MR) is 73.7 cm³/mol. The highest BCUT2D eigenvalue weighted by molar-refractivity contribution is 5.02. The smallest absolute Gasteiger partial charge is 0.120 e. The quantitative estimate of drug-likeness (QED) is 0.831. The molecule has 0 aliphatic carbocycles. The summed E-state index contributed by atoms with van der Waals surface area (Å²) in [4.78, 5) is 4.87. The molecule has 2 atom stereocenters. The van der Waals surface area contributed by atoms with Gasteiger partial charge in [-0.05, 0) is 46.1 Å². The van der Waals surface area contributed by atoms with Crippen molar-refractivity contribution >= 4 is 0 Å². The van der Waals surface area contributed by atoms with Crippen LogP contribution >= 0.6 is 0 Å². The molecule has 0 aromatic carbocycles. The maximum absolute atomic E-state index is 5.38. The summed E-state index contributed by atoms with van der Waals surface area (Å²) in [5.74, 6) is 1.02. The van der Waals surface area contributed by atoms with E-state index in [-0.39, 0.29) is 0 Å². The third-order valence-electron chi connectivity index (χ3n) is 3.83. The Morgan fingerprint density at radius 2 is 2.39 bits per heavy atom. The van der Waals surface area contributed by atoms with Crippen molar-refractivity contribution in [2.45, 2.75) is 25.4 Å². The van der Waals surface area contributed by atoms with E-state index in [2.05, 4.69) is 36.1 Å². The van der Waals surface area contributed by atoms with Crippen molar-refractivity contribution in [1.29, 1.82) is 0 Å². The van der Waals surface area contributed by atoms with Gasteiger partial charge in [0.15, 0.2) is 0 Å². The third-order valence-corrected chi connectivity index (χ3v) is 3.83. The van der Waals surface area contributed by atoms with Crippen LogP contribution in [0, 0.1) is 0 Å². The van der Waals surface area contributed by atoms with Crippen LogP contribution in [0.3, 0.4) is 0 Å². The maximum Gasteiger partial charge on any atom is 0.120 e. The molecule has 1 aromatic rings. The topological polar surface area (TPSA) is 31.6 Å². The summed E-state index contributed by atoms with van der Waals surface area (Å²) in [5, 5.41) is 3.51. The summed E-state index contributed by atoms with van der Waals surface area (Å²) in [5.41, 5.74) is 0. The Morgan fingerprint density at radius 3 is 3.00 bits per heavy atom. The standard InChI is InChI=1S/C14H25N3O/c1-12(14-5-4-10-18-14)15-7-9-17-8-6-13(11-17)16(2)3/h4-5,10,12-13,15H,6-9,11H2,1-3H3. The first-order valence-corrected chi connectivity index (χ1v) is 6.82. The summed E-state index contributed by atoms with van der Waals surface area (Å²) in [7, 11) is 4.34. The monoisotopic (exact) mass is 251 g/mol. The number of nitrogens with one attached hydrogen (secondary N) is 1. The molecule has 2 rings (SSSR count). The summed E-state index contributed by atoms with van der Waals surface area (Å²) in [6, 6.07) is 4.99. The number of likely N-dealkylation sites (tertiary alicyclic amines) is 1. The Labute approximate surface area is 110 Å². The number of hydrogen-bond donors (Lipinski definition) is 1. The summed E-state index contributed by atoms with van der Waals surface area (Å²) in [6.45, 7) is 6.70. The van der Waals surface area contributed by atoms with Crippen molar-refractivity contribution in [1.82, 2.24) is 15.1 Å². The minimum absolute atomic E-state index is 0.298. The van der Waals surface area contributed by atoms with Crippen molar-refractivity contribution in [2.75, 3.05) is 40.3 Å². The van der Waals surface area contributed by atoms with E-state index in [1.807, 2.05) is 12.1 Å². The van der Waals surface area contributed by atoms with Gasteiger partial charge in [0.05, 0.1) is 12.3 Å². The molecule has 4 heteroatoms. The van der Waals surface area contributed by atoms with Crippen LogP contribution in [0.4, 0.5) is 0 Å². The van der Waals surface area contributed by atoms with Gasteiger partial charge in [-0.1, -0.05) is 0 Å². The molecule has 2 heterocycles. The number of rotatable bonds is 6. The van der Waals surface area contributed by atoms with Gasteiger partial charge in [0.2, 0.25) is 0 Å². The molecular weight excluding hydrogens is 226 g/mol. The van der Waals surface area contributed by atoms with Crippen LogP contribution in [-0.4, -0.2) is 56.1 Å². The van der Waals surface area contributed by atoms with E-state index in [0.29, 0.717) is 6.04 Å². The first-order chi connectivity index (χ1) is 8.66. The molecule has 0 bridgehead atoms. The fourth-order valence-corrected chi connectivity index (χ4v) is 2.51. The molecular formula is C14H25N3O. The lowest BCUT2D eigenvalue weighted by Gasteiger charge is -2.21. The van der Waals surface area contributed by atoms with Gasteiger partial charge in [-0.2, -0.15) is 0 Å². The van der Waals surface area contributed by atoms with Crippen LogP contribution in [-0.2, 0) is 0 Å². The summed E-state index contributed by atoms with van der Waals surface area (Å²) in [6.07, 6.45) is 3.02. The van der Waals surface area contributed by atoms with Crippen molar-refractivity contribution in [2.24, 2.45) is 0 Å². The van der Waals surface area contributed by atoms with Gasteiger partial charge in [0, 0.05) is 25.7 Å². The molecule has 0 radical (unpaired) electrons. The number of furan rings is 1. The average Bonchev–Trinajstić information content (AvgIpc) is 3.00. The fraction of sp³-hybridized carbons (Fsp3) is 0.714. The van der Waals surface area contributed by atoms with Gasteiger partial charge < -0.3 is 19.5 Å². The maximum atomic E-state index is 5.38. The third kappa shape index (κ3) is 3.57. The van der Waals surface area contributed by atoms with Gasteiger partial charge in [0.1, 0.15) is 5.76 Å². The fourth-order valence-electron chi connectivity index (χ4n) is 2.51. The number of hydrogen-bond acceptors (Lipinski definition) is 4. The van der Waals surface area contributed by atoms with E-state index in [1.54, 1.807) is 6.26 Å². The van der Waals surface area contributed by atoms with Crippen molar-refractivity contribution in [3.05, 3.63) is 24.2 Å². The Morgan fingerprint density at radius 1 is 1.56 bits per heavy atom. The highest BCUT2D eigenvalue weighted by Gasteiger charge is 2.23. The van der Waals surface area contributed by atoms with Crippen LogP contribution in [0.2, 0.25) is 0 Å². The molecule has 1 saturated heterocycles. The Kier molecular flexibility index (Phi) is 4.80. The molecule has 18 heavy (non-hydrogen) atoms. The van der Waals surface area contributed by atoms with Gasteiger partial charge in [-0.25, -0.2) is 0 Å². The summed E-state index contributed by atoms with van der Waals surface area (Å²) < 4.78 is 5.38. The van der Waals surface area contributed by atoms with Gasteiger partial charge in [-0.15, -0.1) is 0 Å². The zero-order chi connectivity index (χ0) is 13.0. The van der Waals surface area contributed by atoms with Crippen molar-refractivity contribution in [3.8, 4) is 0 Å². The van der Waals surface area contributed by atoms with E-state index in [1.165, 1.54) is 19.5 Å². The minimum atomic E-state index is 0.298. The Bertz CT molecular complexity index is 337. The molecule has 102 valence electrons. The van der Waals surface area contributed by atoms with Gasteiger partial charge >= 0.3 is 0 Å². The van der Waals surface area contributed by atoms with Crippen LogP contribution in [0.25, 0.3) is 0 Å². The largest absolute Gasteiger partial charge is 0.468 e. The van der Waals surface area contributed by atoms with Gasteiger partial charge in [0.25, 0.3) is 0 Å². The van der Waals surface area contributed by atoms with Crippen molar-refractivity contribution in [3.63, 3.8) is 0 Å². The van der Waals surface area contributed by atoms with E-state index in [0.717, 1.165) is 24.9 Å². The first-order valence-electron chi connectivity index (χ1n) is 6.82. The first kappa shape index (κ1) is 13.6. The normalized spacial score (nSPS) is 22.8. The lowest BCUT2D eigenvalue weighted by molar-refractivity contribution is 0.265. The highest BCUT2D eigenvalue weighted by atomic mass is 16.3. The zero-order valence-electron chi connectivity index (χ0n) is 11.7. The lowest BCUT2D eigenvalue weighted by atomic mass is 10.2. The van der Waals surface area contributed by atoms with E-state index < -0.39 is 0 Å². The SMILES string of the molecule is CC(NCCN1CCC(N(C)C)C1)c1ccco1. The second kappa shape index (κ2) is 6.36. The minimum Gasteiger partial charge on any atom is -0.468 e. The van der Waals surface area contributed by atoms with Gasteiger partial charge in [-0.3, -0.25) is 0 Å². The molecule has 0 spiro atoms. The second-order valence-corrected chi connectivity index (χ2v) is 5.40. The zero-order valence-corrected chi connectivity index (χ0v) is 11.7. The predicted octanol–water partition coefficient (Wildman–Crippen LogP) is 1.57. The molecule has 1 N–H and O–H groups in total. The van der Waals surface area contributed by atoms with Crippen LogP contribution < -0.4 is 5.32 Å².